The molecule has 0 radical (unpaired) electrons. The van der Waals surface area contributed by atoms with E-state index < -0.39 is 0 Å². The van der Waals surface area contributed by atoms with Crippen LogP contribution in [0.4, 0.5) is 0 Å². The van der Waals surface area contributed by atoms with Crippen molar-refractivity contribution in [3.05, 3.63) is 29.2 Å². The zero-order valence-corrected chi connectivity index (χ0v) is 10.5. The molecule has 1 aromatic heterocycles. The summed E-state index contributed by atoms with van der Waals surface area (Å²) in [5.74, 6) is 1.13. The van der Waals surface area contributed by atoms with Gasteiger partial charge in [-0.1, -0.05) is 0 Å². The van der Waals surface area contributed by atoms with Gasteiger partial charge in [-0.15, -0.1) is 0 Å². The van der Waals surface area contributed by atoms with Crippen LogP contribution >= 0.6 is 0 Å². The molecule has 0 aliphatic carbocycles. The number of amides is 1. The third-order valence-electron chi connectivity index (χ3n) is 3.04. The van der Waals surface area contributed by atoms with Gasteiger partial charge in [0.2, 0.25) is 0 Å². The van der Waals surface area contributed by atoms with Crippen molar-refractivity contribution in [2.75, 3.05) is 13.1 Å². The van der Waals surface area contributed by atoms with Crippen LogP contribution in [0.1, 0.15) is 30.8 Å². The fourth-order valence-corrected chi connectivity index (χ4v) is 2.08. The summed E-state index contributed by atoms with van der Waals surface area (Å²) in [6, 6.07) is 5.54. The largest absolute Gasteiger partial charge is 0.462 e. The fourth-order valence-electron chi connectivity index (χ4n) is 2.08. The average molecular weight is 244 g/mol. The van der Waals surface area contributed by atoms with Crippen LogP contribution in [0.2, 0.25) is 0 Å². The zero-order chi connectivity index (χ0) is 13.0. The Bertz CT molecular complexity index is 502. The predicted molar refractivity (Wildman–Crippen MR) is 67.5 cm³/mol. The minimum Gasteiger partial charge on any atom is -0.462 e. The van der Waals surface area contributed by atoms with Crippen LogP contribution in [0, 0.1) is 18.3 Å². The van der Waals surface area contributed by atoms with E-state index in [9.17, 15) is 4.79 Å². The quantitative estimate of drug-likeness (QED) is 0.593. The van der Waals surface area contributed by atoms with Gasteiger partial charge in [0.25, 0.3) is 5.91 Å². The van der Waals surface area contributed by atoms with Crippen molar-refractivity contribution in [2.45, 2.75) is 26.2 Å². The Labute approximate surface area is 106 Å². The predicted octanol–water partition coefficient (Wildman–Crippen LogP) is 2.51. The van der Waals surface area contributed by atoms with E-state index in [0.29, 0.717) is 5.76 Å². The van der Waals surface area contributed by atoms with Gasteiger partial charge in [0.1, 0.15) is 23.2 Å². The lowest BCUT2D eigenvalue weighted by Gasteiger charge is -2.26. The highest BCUT2D eigenvalue weighted by molar-refractivity contribution is 6.01. The van der Waals surface area contributed by atoms with Crippen molar-refractivity contribution in [1.29, 1.82) is 5.26 Å². The highest BCUT2D eigenvalue weighted by Gasteiger charge is 2.20. The monoisotopic (exact) mass is 244 g/mol. The Morgan fingerprint density at radius 3 is 2.67 bits per heavy atom. The molecule has 1 fully saturated rings. The number of nitriles is 1. The molecular weight excluding hydrogens is 228 g/mol. The number of likely N-dealkylation sites (tertiary alicyclic amines) is 1. The highest BCUT2D eigenvalue weighted by Crippen LogP contribution is 2.15. The number of aryl methyl sites for hydroxylation is 1. The number of carbonyl (C=O) groups excluding carboxylic acids is 1. The molecule has 4 heteroatoms. The van der Waals surface area contributed by atoms with Crippen molar-refractivity contribution >= 4 is 12.0 Å². The van der Waals surface area contributed by atoms with Crippen LogP contribution in [0.25, 0.3) is 6.08 Å². The van der Waals surface area contributed by atoms with Crippen LogP contribution in [0.5, 0.6) is 0 Å². The lowest BCUT2D eigenvalue weighted by molar-refractivity contribution is -0.127. The lowest BCUT2D eigenvalue weighted by Crippen LogP contribution is -2.36. The Hall–Kier alpha value is -2.02. The maximum atomic E-state index is 12.1. The Kier molecular flexibility index (Phi) is 3.83. The fraction of sp³-hybridized carbons (Fsp3) is 0.429. The summed E-state index contributed by atoms with van der Waals surface area (Å²) in [6.07, 6.45) is 4.71. The number of hydrogen-bond acceptors (Lipinski definition) is 3. The topological polar surface area (TPSA) is 57.2 Å². The summed E-state index contributed by atoms with van der Waals surface area (Å²) in [5.41, 5.74) is 0.145. The SMILES string of the molecule is Cc1ccc(/C=C(\C#N)C(=O)N2CCCCC2)o1. The van der Waals surface area contributed by atoms with E-state index >= 15 is 0 Å². The van der Waals surface area contributed by atoms with Crippen molar-refractivity contribution < 1.29 is 9.21 Å². The number of hydrogen-bond donors (Lipinski definition) is 0. The molecule has 18 heavy (non-hydrogen) atoms. The Morgan fingerprint density at radius 1 is 1.39 bits per heavy atom. The summed E-state index contributed by atoms with van der Waals surface area (Å²) < 4.78 is 5.36. The molecule has 2 rings (SSSR count). The van der Waals surface area contributed by atoms with Crippen molar-refractivity contribution in [3.63, 3.8) is 0 Å². The Balaban J connectivity index is 2.15. The van der Waals surface area contributed by atoms with Gasteiger partial charge in [0, 0.05) is 19.2 Å². The Morgan fingerprint density at radius 2 is 2.11 bits per heavy atom. The van der Waals surface area contributed by atoms with E-state index in [-0.39, 0.29) is 11.5 Å². The third kappa shape index (κ3) is 2.80. The van der Waals surface area contributed by atoms with Crippen molar-refractivity contribution in [2.24, 2.45) is 0 Å². The van der Waals surface area contributed by atoms with Gasteiger partial charge >= 0.3 is 0 Å². The zero-order valence-electron chi connectivity index (χ0n) is 10.5. The standard InChI is InChI=1S/C14H16N2O2/c1-11-5-6-13(18-11)9-12(10-15)14(17)16-7-3-2-4-8-16/h5-6,9H,2-4,7-8H2,1H3/b12-9+. The third-order valence-corrected chi connectivity index (χ3v) is 3.04. The van der Waals surface area contributed by atoms with E-state index in [1.54, 1.807) is 11.0 Å². The van der Waals surface area contributed by atoms with Gasteiger partial charge in [-0.25, -0.2) is 0 Å². The van der Waals surface area contributed by atoms with Gasteiger partial charge in [0.15, 0.2) is 0 Å². The van der Waals surface area contributed by atoms with E-state index in [2.05, 4.69) is 0 Å². The van der Waals surface area contributed by atoms with Gasteiger partial charge in [-0.05, 0) is 38.3 Å². The molecule has 1 aromatic rings. The number of rotatable bonds is 2. The molecular formula is C14H16N2O2. The normalized spacial score (nSPS) is 16.4. The first-order valence-corrected chi connectivity index (χ1v) is 6.18. The molecule has 0 unspecified atom stereocenters. The van der Waals surface area contributed by atoms with Crippen molar-refractivity contribution in [1.82, 2.24) is 4.90 Å². The molecule has 1 aliphatic rings. The number of furan rings is 1. The number of carbonyl (C=O) groups is 1. The molecule has 4 nitrogen and oxygen atoms in total. The van der Waals surface area contributed by atoms with E-state index in [4.69, 9.17) is 9.68 Å². The van der Waals surface area contributed by atoms with Gasteiger partial charge in [0.05, 0.1) is 0 Å². The molecule has 2 heterocycles. The summed E-state index contributed by atoms with van der Waals surface area (Å²) >= 11 is 0. The molecule has 0 saturated carbocycles. The van der Waals surface area contributed by atoms with Crippen LogP contribution in [0.3, 0.4) is 0 Å². The minimum absolute atomic E-state index is 0.145. The molecule has 0 spiro atoms. The first-order chi connectivity index (χ1) is 8.70. The second kappa shape index (κ2) is 5.54. The van der Waals surface area contributed by atoms with E-state index in [1.807, 2.05) is 19.1 Å². The maximum Gasteiger partial charge on any atom is 0.264 e. The van der Waals surface area contributed by atoms with Crippen LogP contribution < -0.4 is 0 Å². The molecule has 94 valence electrons. The van der Waals surface area contributed by atoms with Crippen LogP contribution in [-0.2, 0) is 4.79 Å². The molecule has 1 amide bonds. The maximum absolute atomic E-state index is 12.1. The van der Waals surface area contributed by atoms with E-state index in [0.717, 1.165) is 38.1 Å². The van der Waals surface area contributed by atoms with E-state index in [1.165, 1.54) is 6.08 Å². The van der Waals surface area contributed by atoms with Crippen LogP contribution in [-0.4, -0.2) is 23.9 Å². The second-order valence-corrected chi connectivity index (χ2v) is 4.47. The first kappa shape index (κ1) is 12.4. The van der Waals surface area contributed by atoms with Gasteiger partial charge in [-0.2, -0.15) is 5.26 Å². The average Bonchev–Trinajstić information content (AvgIpc) is 2.82. The lowest BCUT2D eigenvalue weighted by atomic mass is 10.1. The second-order valence-electron chi connectivity index (χ2n) is 4.47. The molecule has 0 aromatic carbocycles. The van der Waals surface area contributed by atoms with Crippen molar-refractivity contribution in [3.8, 4) is 6.07 Å². The summed E-state index contributed by atoms with van der Waals surface area (Å²) in [5, 5.41) is 9.09. The molecule has 1 aliphatic heterocycles. The smallest absolute Gasteiger partial charge is 0.264 e. The number of piperidine rings is 1. The first-order valence-electron chi connectivity index (χ1n) is 6.18. The molecule has 0 bridgehead atoms. The minimum atomic E-state index is -0.189. The van der Waals surface area contributed by atoms with Crippen LogP contribution in [0.15, 0.2) is 22.1 Å². The molecule has 0 N–H and O–H groups in total. The molecule has 0 atom stereocenters. The summed E-state index contributed by atoms with van der Waals surface area (Å²) in [7, 11) is 0. The van der Waals surface area contributed by atoms with Gasteiger partial charge in [-0.3, -0.25) is 4.79 Å². The number of nitrogens with zero attached hydrogens (tertiary/aromatic N) is 2. The highest BCUT2D eigenvalue weighted by atomic mass is 16.3. The summed E-state index contributed by atoms with van der Waals surface area (Å²) in [4.78, 5) is 13.9. The summed E-state index contributed by atoms with van der Waals surface area (Å²) in [6.45, 7) is 3.32. The van der Waals surface area contributed by atoms with Gasteiger partial charge < -0.3 is 9.32 Å². The molecule has 1 saturated heterocycles.